The van der Waals surface area contributed by atoms with Gasteiger partial charge in [0.05, 0.1) is 12.1 Å². The smallest absolute Gasteiger partial charge is 0.407 e. The quantitative estimate of drug-likeness (QED) is 0.708. The molecular weight excluding hydrogens is 170 g/mol. The van der Waals surface area contributed by atoms with E-state index in [1.54, 1.807) is 7.11 Å². The number of ether oxygens (including phenoxy) is 2. The summed E-state index contributed by atoms with van der Waals surface area (Å²) in [6.45, 7) is 5.52. The van der Waals surface area contributed by atoms with E-state index in [0.29, 0.717) is 0 Å². The molecule has 0 heterocycles. The first-order valence-electron chi connectivity index (χ1n) is 4.44. The van der Waals surface area contributed by atoms with Crippen LogP contribution in [-0.4, -0.2) is 30.9 Å². The van der Waals surface area contributed by atoms with Crippen molar-refractivity contribution >= 4 is 6.09 Å². The van der Waals surface area contributed by atoms with Crippen LogP contribution in [0.5, 0.6) is 0 Å². The Labute approximate surface area is 78.6 Å². The van der Waals surface area contributed by atoms with Crippen molar-refractivity contribution in [2.45, 2.75) is 44.9 Å². The molecule has 0 aliphatic heterocycles. The highest BCUT2D eigenvalue weighted by Crippen LogP contribution is 2.24. The van der Waals surface area contributed by atoms with Crippen molar-refractivity contribution in [3.63, 3.8) is 0 Å². The van der Waals surface area contributed by atoms with Gasteiger partial charge in [0.2, 0.25) is 0 Å². The van der Waals surface area contributed by atoms with Crippen LogP contribution in [0, 0.1) is 0 Å². The minimum atomic E-state index is -0.429. The van der Waals surface area contributed by atoms with Gasteiger partial charge in [-0.2, -0.15) is 0 Å². The number of nitrogens with one attached hydrogen (secondary N) is 1. The molecule has 1 N–H and O–H groups in total. The Morgan fingerprint density at radius 3 is 2.46 bits per heavy atom. The van der Waals surface area contributed by atoms with Crippen LogP contribution in [-0.2, 0) is 9.47 Å². The highest BCUT2D eigenvalue weighted by Gasteiger charge is 2.39. The normalized spacial score (nSPS) is 26.8. The monoisotopic (exact) mass is 187 g/mol. The van der Waals surface area contributed by atoms with Crippen molar-refractivity contribution in [2.75, 3.05) is 7.11 Å². The Bertz CT molecular complexity index is 198. The molecule has 0 aromatic heterocycles. The zero-order chi connectivity index (χ0) is 10.1. The van der Waals surface area contributed by atoms with Gasteiger partial charge in [0.1, 0.15) is 5.60 Å². The van der Waals surface area contributed by atoms with Gasteiger partial charge in [-0.15, -0.1) is 0 Å². The molecule has 1 rings (SSSR count). The van der Waals surface area contributed by atoms with Gasteiger partial charge in [-0.05, 0) is 27.2 Å². The van der Waals surface area contributed by atoms with E-state index in [0.717, 1.165) is 6.42 Å². The fourth-order valence-electron chi connectivity index (χ4n) is 1.04. The van der Waals surface area contributed by atoms with Crippen LogP contribution >= 0.6 is 0 Å². The number of carbonyl (C=O) groups excluding carboxylic acids is 1. The van der Waals surface area contributed by atoms with Gasteiger partial charge >= 0.3 is 6.09 Å². The topological polar surface area (TPSA) is 47.6 Å². The van der Waals surface area contributed by atoms with Gasteiger partial charge in [-0.1, -0.05) is 0 Å². The Hall–Kier alpha value is -0.770. The van der Waals surface area contributed by atoms with Crippen molar-refractivity contribution in [2.24, 2.45) is 0 Å². The van der Waals surface area contributed by atoms with E-state index in [4.69, 9.17) is 9.47 Å². The lowest BCUT2D eigenvalue weighted by Gasteiger charge is -2.19. The molecule has 2 atom stereocenters. The standard InChI is InChI=1S/C9H17NO3/c1-9(2,3)13-8(11)10-6-5-7(6)12-4/h6-7H,5H2,1-4H3,(H,10,11)/t6-,7-/m1/s1. The van der Waals surface area contributed by atoms with Crippen molar-refractivity contribution in [1.29, 1.82) is 0 Å². The first-order chi connectivity index (χ1) is 5.92. The summed E-state index contributed by atoms with van der Waals surface area (Å²) in [6, 6.07) is 0.139. The fraction of sp³-hybridized carbons (Fsp3) is 0.889. The number of carbonyl (C=O) groups is 1. The highest BCUT2D eigenvalue weighted by molar-refractivity contribution is 5.68. The average Bonchev–Trinajstić information content (AvgIpc) is 2.62. The largest absolute Gasteiger partial charge is 0.444 e. The second-order valence-electron chi connectivity index (χ2n) is 4.26. The van der Waals surface area contributed by atoms with Gasteiger partial charge in [0, 0.05) is 7.11 Å². The molecule has 0 spiro atoms. The number of rotatable bonds is 2. The summed E-state index contributed by atoms with van der Waals surface area (Å²) in [5, 5.41) is 2.73. The average molecular weight is 187 g/mol. The minimum Gasteiger partial charge on any atom is -0.444 e. The predicted octanol–water partition coefficient (Wildman–Crippen LogP) is 1.30. The molecule has 0 aromatic carbocycles. The van der Waals surface area contributed by atoms with Crippen LogP contribution in [0.1, 0.15) is 27.2 Å². The van der Waals surface area contributed by atoms with Crippen molar-refractivity contribution < 1.29 is 14.3 Å². The maximum Gasteiger partial charge on any atom is 0.407 e. The van der Waals surface area contributed by atoms with Crippen molar-refractivity contribution in [1.82, 2.24) is 5.32 Å². The molecule has 4 heteroatoms. The van der Waals surface area contributed by atoms with Gasteiger partial charge in [-0.3, -0.25) is 0 Å². The van der Waals surface area contributed by atoms with Crippen molar-refractivity contribution in [3.8, 4) is 0 Å². The Kier molecular flexibility index (Phi) is 2.81. The maximum absolute atomic E-state index is 11.2. The van der Waals surface area contributed by atoms with Crippen LogP contribution in [0.15, 0.2) is 0 Å². The lowest BCUT2D eigenvalue weighted by Crippen LogP contribution is -2.34. The molecule has 1 amide bonds. The van der Waals surface area contributed by atoms with Crippen LogP contribution in [0.4, 0.5) is 4.79 Å². The molecule has 13 heavy (non-hydrogen) atoms. The molecule has 0 aromatic rings. The minimum absolute atomic E-state index is 0.139. The van der Waals surface area contributed by atoms with E-state index in [9.17, 15) is 4.79 Å². The number of alkyl carbamates (subject to hydrolysis) is 1. The van der Waals surface area contributed by atoms with Gasteiger partial charge in [0.15, 0.2) is 0 Å². The van der Waals surface area contributed by atoms with Gasteiger partial charge in [0.25, 0.3) is 0 Å². The summed E-state index contributed by atoms with van der Waals surface area (Å²) in [5.74, 6) is 0. The van der Waals surface area contributed by atoms with E-state index in [1.807, 2.05) is 20.8 Å². The molecule has 0 bridgehead atoms. The Balaban J connectivity index is 2.20. The molecule has 1 aliphatic carbocycles. The summed E-state index contributed by atoms with van der Waals surface area (Å²) in [4.78, 5) is 11.2. The summed E-state index contributed by atoms with van der Waals surface area (Å²) >= 11 is 0. The van der Waals surface area contributed by atoms with Crippen molar-refractivity contribution in [3.05, 3.63) is 0 Å². The first kappa shape index (κ1) is 10.3. The SMILES string of the molecule is CO[C@@H]1C[C@H]1NC(=O)OC(C)(C)C. The zero-order valence-electron chi connectivity index (χ0n) is 8.59. The second kappa shape index (κ2) is 3.54. The molecule has 4 nitrogen and oxygen atoms in total. The summed E-state index contributed by atoms with van der Waals surface area (Å²) in [6.07, 6.45) is 0.694. The number of hydrogen-bond acceptors (Lipinski definition) is 3. The third-order valence-corrected chi connectivity index (χ3v) is 1.74. The molecule has 1 aliphatic rings. The predicted molar refractivity (Wildman–Crippen MR) is 48.6 cm³/mol. The second-order valence-corrected chi connectivity index (χ2v) is 4.26. The van der Waals surface area contributed by atoms with E-state index in [2.05, 4.69) is 5.32 Å². The van der Waals surface area contributed by atoms with Crippen LogP contribution in [0.2, 0.25) is 0 Å². The lowest BCUT2D eigenvalue weighted by molar-refractivity contribution is 0.0508. The van der Waals surface area contributed by atoms with Crippen LogP contribution in [0.25, 0.3) is 0 Å². The van der Waals surface area contributed by atoms with E-state index in [-0.39, 0.29) is 18.2 Å². The molecule has 0 unspecified atom stereocenters. The third-order valence-electron chi connectivity index (χ3n) is 1.74. The lowest BCUT2D eigenvalue weighted by atomic mass is 10.2. The van der Waals surface area contributed by atoms with Crippen LogP contribution < -0.4 is 5.32 Å². The molecular formula is C9H17NO3. The first-order valence-corrected chi connectivity index (χ1v) is 4.44. The number of hydrogen-bond donors (Lipinski definition) is 1. The Morgan fingerprint density at radius 1 is 1.46 bits per heavy atom. The number of methoxy groups -OCH3 is 1. The Morgan fingerprint density at radius 2 is 2.08 bits per heavy atom. The van der Waals surface area contributed by atoms with Gasteiger partial charge < -0.3 is 14.8 Å². The maximum atomic E-state index is 11.2. The number of amides is 1. The van der Waals surface area contributed by atoms with E-state index in [1.165, 1.54) is 0 Å². The van der Waals surface area contributed by atoms with Crippen LogP contribution in [0.3, 0.4) is 0 Å². The third kappa shape index (κ3) is 3.63. The molecule has 0 saturated heterocycles. The highest BCUT2D eigenvalue weighted by atomic mass is 16.6. The summed E-state index contributed by atoms with van der Waals surface area (Å²) < 4.78 is 10.1. The van der Waals surface area contributed by atoms with E-state index < -0.39 is 5.60 Å². The molecule has 76 valence electrons. The van der Waals surface area contributed by atoms with E-state index >= 15 is 0 Å². The van der Waals surface area contributed by atoms with Gasteiger partial charge in [-0.25, -0.2) is 4.79 Å². The summed E-state index contributed by atoms with van der Waals surface area (Å²) in [5.41, 5.74) is -0.429. The molecule has 1 fully saturated rings. The fourth-order valence-corrected chi connectivity index (χ4v) is 1.04. The molecule has 1 saturated carbocycles. The summed E-state index contributed by atoms with van der Waals surface area (Å²) in [7, 11) is 1.64. The molecule has 0 radical (unpaired) electrons. The zero-order valence-corrected chi connectivity index (χ0v) is 8.59.